The summed E-state index contributed by atoms with van der Waals surface area (Å²) in [6, 6.07) is 21.3. The number of nitrogens with one attached hydrogen (secondary N) is 2. The Bertz CT molecular complexity index is 1220. The molecule has 8 heteroatoms. The van der Waals surface area contributed by atoms with E-state index in [1.807, 2.05) is 48.5 Å². The average Bonchev–Trinajstić information content (AvgIpc) is 2.85. The maximum atomic E-state index is 13.3. The van der Waals surface area contributed by atoms with E-state index in [4.69, 9.17) is 0 Å². The van der Waals surface area contributed by atoms with Crippen LogP contribution in [0.2, 0.25) is 0 Å². The molecule has 0 aliphatic rings. The van der Waals surface area contributed by atoms with E-state index >= 15 is 0 Å². The number of carboxylic acids is 1. The van der Waals surface area contributed by atoms with Gasteiger partial charge in [-0.05, 0) is 29.7 Å². The highest BCUT2D eigenvalue weighted by Gasteiger charge is 2.42. The lowest BCUT2D eigenvalue weighted by Gasteiger charge is -2.32. The first-order valence-corrected chi connectivity index (χ1v) is 11.5. The van der Waals surface area contributed by atoms with Gasteiger partial charge in [-0.25, -0.2) is 4.79 Å². The van der Waals surface area contributed by atoms with Crippen molar-refractivity contribution in [2.75, 3.05) is 5.32 Å². The van der Waals surface area contributed by atoms with E-state index in [0.717, 1.165) is 15.7 Å². The molecule has 182 valence electrons. The fourth-order valence-electron chi connectivity index (χ4n) is 3.93. The molecule has 0 aliphatic heterocycles. The van der Waals surface area contributed by atoms with Gasteiger partial charge in [0.2, 0.25) is 17.5 Å². The van der Waals surface area contributed by atoms with Crippen molar-refractivity contribution in [3.63, 3.8) is 0 Å². The molecule has 0 fully saturated rings. The summed E-state index contributed by atoms with van der Waals surface area (Å²) in [6.45, 7) is 1.77. The summed E-state index contributed by atoms with van der Waals surface area (Å²) in [5, 5.41) is 15.3. The third kappa shape index (κ3) is 6.44. The highest BCUT2D eigenvalue weighted by atomic mass is 16.4. The standard InChI is InChI=1S/C27H29N3O5/c1-2-17-27(26(34)35,29-23(31)16-15-20-10-5-3-6-11-20)30-18-9-14-22(25(30)33)28-24(32)19-21-12-7-4-8-13-21/h3-14,18H,2,15-17,19H2,1H3,(H,28,32)(H,29,31)(H,34,35)/t27-/m0/s1. The number of aromatic nitrogens is 1. The number of benzene rings is 2. The molecule has 0 spiro atoms. The summed E-state index contributed by atoms with van der Waals surface area (Å²) >= 11 is 0. The fraction of sp³-hybridized carbons (Fsp3) is 0.259. The van der Waals surface area contributed by atoms with Crippen LogP contribution in [0.4, 0.5) is 5.69 Å². The van der Waals surface area contributed by atoms with Gasteiger partial charge in [0.15, 0.2) is 0 Å². The Morgan fingerprint density at radius 1 is 0.886 bits per heavy atom. The highest BCUT2D eigenvalue weighted by Crippen LogP contribution is 2.21. The molecule has 1 aromatic heterocycles. The molecule has 2 aromatic carbocycles. The summed E-state index contributed by atoms with van der Waals surface area (Å²) in [7, 11) is 0. The minimum Gasteiger partial charge on any atom is -0.478 e. The van der Waals surface area contributed by atoms with Gasteiger partial charge in [-0.15, -0.1) is 0 Å². The zero-order valence-electron chi connectivity index (χ0n) is 19.6. The molecule has 0 saturated heterocycles. The number of hydrogen-bond donors (Lipinski definition) is 3. The predicted octanol–water partition coefficient (Wildman–Crippen LogP) is 3.32. The molecule has 0 saturated carbocycles. The molecule has 0 bridgehead atoms. The summed E-state index contributed by atoms with van der Waals surface area (Å²) in [5.74, 6) is -2.26. The maximum absolute atomic E-state index is 13.3. The average molecular weight is 476 g/mol. The largest absolute Gasteiger partial charge is 0.478 e. The lowest BCUT2D eigenvalue weighted by Crippen LogP contribution is -2.59. The molecule has 3 rings (SSSR count). The zero-order valence-corrected chi connectivity index (χ0v) is 19.6. The monoisotopic (exact) mass is 475 g/mol. The lowest BCUT2D eigenvalue weighted by atomic mass is 10.0. The van der Waals surface area contributed by atoms with Gasteiger partial charge >= 0.3 is 5.97 Å². The van der Waals surface area contributed by atoms with Crippen molar-refractivity contribution in [3.8, 4) is 0 Å². The van der Waals surface area contributed by atoms with Crippen LogP contribution in [0.3, 0.4) is 0 Å². The van der Waals surface area contributed by atoms with Gasteiger partial charge < -0.3 is 15.7 Å². The first-order valence-electron chi connectivity index (χ1n) is 11.5. The predicted molar refractivity (Wildman–Crippen MR) is 133 cm³/mol. The van der Waals surface area contributed by atoms with Crippen molar-refractivity contribution < 1.29 is 19.5 Å². The van der Waals surface area contributed by atoms with Gasteiger partial charge in [0.25, 0.3) is 5.56 Å². The number of pyridine rings is 1. The lowest BCUT2D eigenvalue weighted by molar-refractivity contribution is -0.153. The van der Waals surface area contributed by atoms with E-state index in [2.05, 4.69) is 10.6 Å². The van der Waals surface area contributed by atoms with Crippen molar-refractivity contribution in [2.45, 2.75) is 44.7 Å². The van der Waals surface area contributed by atoms with E-state index in [0.29, 0.717) is 12.8 Å². The van der Waals surface area contributed by atoms with Crippen LogP contribution in [0.25, 0.3) is 0 Å². The molecule has 3 N–H and O–H groups in total. The van der Waals surface area contributed by atoms with Gasteiger partial charge in [-0.2, -0.15) is 0 Å². The maximum Gasteiger partial charge on any atom is 0.351 e. The molecule has 0 aliphatic carbocycles. The van der Waals surface area contributed by atoms with Gasteiger partial charge in [0.1, 0.15) is 5.69 Å². The smallest absolute Gasteiger partial charge is 0.351 e. The number of aryl methyl sites for hydroxylation is 1. The number of carbonyl (C=O) groups excluding carboxylic acids is 2. The van der Waals surface area contributed by atoms with Crippen molar-refractivity contribution in [2.24, 2.45) is 0 Å². The molecule has 0 radical (unpaired) electrons. The Hall–Kier alpha value is -4.20. The fourth-order valence-corrected chi connectivity index (χ4v) is 3.93. The van der Waals surface area contributed by atoms with Crippen LogP contribution in [0.1, 0.15) is 37.3 Å². The Morgan fingerprint density at radius 2 is 1.51 bits per heavy atom. The first-order chi connectivity index (χ1) is 16.9. The minimum absolute atomic E-state index is 0.0132. The van der Waals surface area contributed by atoms with Crippen molar-refractivity contribution in [1.29, 1.82) is 0 Å². The van der Waals surface area contributed by atoms with Crippen LogP contribution in [0.15, 0.2) is 83.8 Å². The summed E-state index contributed by atoms with van der Waals surface area (Å²) in [6.07, 6.45) is 2.24. The van der Waals surface area contributed by atoms with E-state index in [1.54, 1.807) is 19.1 Å². The topological polar surface area (TPSA) is 118 Å². The number of rotatable bonds is 11. The normalized spacial score (nSPS) is 12.4. The molecular weight excluding hydrogens is 446 g/mol. The number of nitrogens with zero attached hydrogens (tertiary/aromatic N) is 1. The molecule has 2 amide bonds. The summed E-state index contributed by atoms with van der Waals surface area (Å²) in [4.78, 5) is 51.1. The highest BCUT2D eigenvalue weighted by molar-refractivity contribution is 5.92. The second-order valence-corrected chi connectivity index (χ2v) is 8.26. The Balaban J connectivity index is 1.85. The van der Waals surface area contributed by atoms with Crippen LogP contribution in [-0.4, -0.2) is 27.5 Å². The van der Waals surface area contributed by atoms with Crippen molar-refractivity contribution in [3.05, 3.63) is 100 Å². The molecule has 8 nitrogen and oxygen atoms in total. The van der Waals surface area contributed by atoms with Gasteiger partial charge in [0, 0.05) is 19.0 Å². The van der Waals surface area contributed by atoms with E-state index < -0.39 is 29.0 Å². The zero-order chi connectivity index (χ0) is 25.3. The minimum atomic E-state index is -1.99. The van der Waals surface area contributed by atoms with E-state index in [9.17, 15) is 24.3 Å². The van der Waals surface area contributed by atoms with Crippen LogP contribution in [0, 0.1) is 0 Å². The second kappa shape index (κ2) is 11.8. The number of aliphatic carboxylic acids is 1. The Labute approximate surface area is 203 Å². The number of carboxylic acid groups (broad SMARTS) is 1. The molecular formula is C27H29N3O5. The third-order valence-electron chi connectivity index (χ3n) is 5.64. The summed E-state index contributed by atoms with van der Waals surface area (Å²) < 4.78 is 0.984. The number of hydrogen-bond acceptors (Lipinski definition) is 4. The number of carbonyl (C=O) groups is 3. The molecule has 3 aromatic rings. The van der Waals surface area contributed by atoms with Gasteiger partial charge in [0.05, 0.1) is 6.42 Å². The molecule has 0 unspecified atom stereocenters. The van der Waals surface area contributed by atoms with Crippen LogP contribution >= 0.6 is 0 Å². The molecule has 1 atom stereocenters. The molecule has 1 heterocycles. The molecule has 35 heavy (non-hydrogen) atoms. The number of anilines is 1. The number of amides is 2. The quantitative estimate of drug-likeness (QED) is 0.393. The SMILES string of the molecule is CCC[C@@](NC(=O)CCc1ccccc1)(C(=O)O)n1cccc(NC(=O)Cc2ccccc2)c1=O. The van der Waals surface area contributed by atoms with E-state index in [1.165, 1.54) is 18.3 Å². The van der Waals surface area contributed by atoms with Crippen LogP contribution in [-0.2, 0) is 32.9 Å². The van der Waals surface area contributed by atoms with E-state index in [-0.39, 0.29) is 24.9 Å². The van der Waals surface area contributed by atoms with Crippen LogP contribution in [0.5, 0.6) is 0 Å². The first kappa shape index (κ1) is 25.4. The van der Waals surface area contributed by atoms with Crippen molar-refractivity contribution in [1.82, 2.24) is 9.88 Å². The van der Waals surface area contributed by atoms with Gasteiger partial charge in [-0.3, -0.25) is 19.0 Å². The second-order valence-electron chi connectivity index (χ2n) is 8.26. The van der Waals surface area contributed by atoms with Gasteiger partial charge in [-0.1, -0.05) is 74.0 Å². The Kier molecular flexibility index (Phi) is 8.56. The third-order valence-corrected chi connectivity index (χ3v) is 5.64. The van der Waals surface area contributed by atoms with Crippen LogP contribution < -0.4 is 16.2 Å². The summed E-state index contributed by atoms with van der Waals surface area (Å²) in [5.41, 5.74) is -1.04. The van der Waals surface area contributed by atoms with Crippen molar-refractivity contribution >= 4 is 23.5 Å². The Morgan fingerprint density at radius 3 is 2.11 bits per heavy atom.